The standard InChI is InChI=1S/C22H18N6O2S/c1-14-6-4-10-28-20(14)25-17(13-23-19-9-5-11-30-19)15(21(28)29)12-24-27-22-26-16-7-2-3-8-18(16)31-22/h2-12,23H,13H2,1H3,(H,26,27)/b24-12-. The first kappa shape index (κ1) is 19.0. The van der Waals surface area contributed by atoms with E-state index in [-0.39, 0.29) is 5.56 Å². The number of thiazole rings is 1. The lowest BCUT2D eigenvalue weighted by atomic mass is 10.2. The van der Waals surface area contributed by atoms with Crippen LogP contribution >= 0.6 is 11.3 Å². The van der Waals surface area contributed by atoms with Gasteiger partial charge in [0.25, 0.3) is 5.56 Å². The molecule has 0 unspecified atom stereocenters. The number of aryl methyl sites for hydroxylation is 1. The summed E-state index contributed by atoms with van der Waals surface area (Å²) in [7, 11) is 0. The van der Waals surface area contributed by atoms with Crippen molar-refractivity contribution in [2.75, 3.05) is 10.7 Å². The number of hydrogen-bond acceptors (Lipinski definition) is 8. The van der Waals surface area contributed by atoms with Gasteiger partial charge in [-0.05, 0) is 36.8 Å². The minimum Gasteiger partial charge on any atom is -0.449 e. The van der Waals surface area contributed by atoms with Crippen LogP contribution < -0.4 is 16.3 Å². The summed E-state index contributed by atoms with van der Waals surface area (Å²) in [4.78, 5) is 22.4. The maximum atomic E-state index is 13.2. The first-order chi connectivity index (χ1) is 15.2. The molecule has 0 atom stereocenters. The van der Waals surface area contributed by atoms with Gasteiger partial charge in [0, 0.05) is 12.3 Å². The largest absolute Gasteiger partial charge is 0.449 e. The Labute approximate surface area is 180 Å². The second kappa shape index (κ2) is 8.04. The second-order valence-corrected chi connectivity index (χ2v) is 7.88. The molecule has 31 heavy (non-hydrogen) atoms. The van der Waals surface area contributed by atoms with Crippen molar-refractivity contribution in [3.8, 4) is 0 Å². The van der Waals surface area contributed by atoms with Gasteiger partial charge in [0.1, 0.15) is 5.65 Å². The molecule has 1 aromatic carbocycles. The lowest BCUT2D eigenvalue weighted by molar-refractivity contribution is 0.578. The molecule has 154 valence electrons. The Balaban J connectivity index is 1.50. The van der Waals surface area contributed by atoms with Crippen LogP contribution in [0.5, 0.6) is 0 Å². The van der Waals surface area contributed by atoms with Gasteiger partial charge in [-0.1, -0.05) is 29.5 Å². The number of pyridine rings is 1. The van der Waals surface area contributed by atoms with Gasteiger partial charge >= 0.3 is 0 Å². The van der Waals surface area contributed by atoms with E-state index in [4.69, 9.17) is 9.40 Å². The van der Waals surface area contributed by atoms with Gasteiger partial charge in [-0.2, -0.15) is 5.10 Å². The van der Waals surface area contributed by atoms with Crippen LogP contribution in [0, 0.1) is 6.92 Å². The molecule has 5 rings (SSSR count). The van der Waals surface area contributed by atoms with Crippen LogP contribution in [-0.4, -0.2) is 20.6 Å². The molecular formula is C22H18N6O2S. The van der Waals surface area contributed by atoms with Crippen molar-refractivity contribution in [3.05, 3.63) is 88.2 Å². The zero-order chi connectivity index (χ0) is 21.2. The Hall–Kier alpha value is -3.98. The quantitative estimate of drug-likeness (QED) is 0.309. The minimum absolute atomic E-state index is 0.195. The maximum absolute atomic E-state index is 13.2. The molecule has 0 radical (unpaired) electrons. The van der Waals surface area contributed by atoms with E-state index in [0.717, 1.165) is 15.8 Å². The molecule has 0 bridgehead atoms. The topological polar surface area (TPSA) is 96.8 Å². The number of nitrogens with zero attached hydrogens (tertiary/aromatic N) is 4. The summed E-state index contributed by atoms with van der Waals surface area (Å²) in [6.07, 6.45) is 4.79. The normalized spacial score (nSPS) is 11.5. The van der Waals surface area contributed by atoms with E-state index in [9.17, 15) is 4.79 Å². The molecule has 5 aromatic rings. The van der Waals surface area contributed by atoms with Crippen molar-refractivity contribution < 1.29 is 4.42 Å². The van der Waals surface area contributed by atoms with Gasteiger partial charge in [-0.25, -0.2) is 9.97 Å². The number of nitrogens with one attached hydrogen (secondary N) is 2. The molecule has 2 N–H and O–H groups in total. The van der Waals surface area contributed by atoms with E-state index in [2.05, 4.69) is 20.8 Å². The zero-order valence-corrected chi connectivity index (χ0v) is 17.4. The van der Waals surface area contributed by atoms with Crippen LogP contribution in [0.15, 0.2) is 75.3 Å². The molecule has 9 heteroatoms. The molecule has 4 aromatic heterocycles. The first-order valence-electron chi connectivity index (χ1n) is 9.62. The summed E-state index contributed by atoms with van der Waals surface area (Å²) in [5, 5.41) is 8.07. The molecule has 8 nitrogen and oxygen atoms in total. The van der Waals surface area contributed by atoms with Crippen molar-refractivity contribution in [2.45, 2.75) is 13.5 Å². The van der Waals surface area contributed by atoms with Crippen LogP contribution in [0.2, 0.25) is 0 Å². The van der Waals surface area contributed by atoms with Gasteiger partial charge in [-0.3, -0.25) is 14.6 Å². The highest BCUT2D eigenvalue weighted by molar-refractivity contribution is 7.22. The summed E-state index contributed by atoms with van der Waals surface area (Å²) in [5.74, 6) is 0.599. The average molecular weight is 430 g/mol. The number of anilines is 2. The molecule has 0 saturated heterocycles. The highest BCUT2D eigenvalue weighted by Gasteiger charge is 2.13. The highest BCUT2D eigenvalue weighted by Crippen LogP contribution is 2.25. The van der Waals surface area contributed by atoms with E-state index in [1.165, 1.54) is 22.0 Å². The number of benzene rings is 1. The zero-order valence-electron chi connectivity index (χ0n) is 16.6. The smallest absolute Gasteiger partial charge is 0.267 e. The average Bonchev–Trinajstić information content (AvgIpc) is 3.44. The maximum Gasteiger partial charge on any atom is 0.267 e. The third-order valence-electron chi connectivity index (χ3n) is 4.76. The number of furan rings is 1. The molecule has 0 aliphatic heterocycles. The van der Waals surface area contributed by atoms with Crippen LogP contribution in [0.3, 0.4) is 0 Å². The fourth-order valence-corrected chi connectivity index (χ4v) is 4.06. The number of hydrogen-bond donors (Lipinski definition) is 2. The molecule has 0 aliphatic carbocycles. The van der Waals surface area contributed by atoms with Crippen molar-refractivity contribution in [2.24, 2.45) is 5.10 Å². The molecule has 0 saturated carbocycles. The number of fused-ring (bicyclic) bond motifs is 2. The van der Waals surface area contributed by atoms with Gasteiger partial charge in [-0.15, -0.1) is 0 Å². The van der Waals surface area contributed by atoms with Gasteiger partial charge < -0.3 is 9.73 Å². The van der Waals surface area contributed by atoms with Crippen molar-refractivity contribution >= 4 is 44.4 Å². The SMILES string of the molecule is Cc1cccn2c(=O)c(/C=N\Nc3nc4ccccc4s3)c(CNc3ccco3)nc12. The fourth-order valence-electron chi connectivity index (χ4n) is 3.24. The van der Waals surface area contributed by atoms with E-state index in [1.54, 1.807) is 18.5 Å². The lowest BCUT2D eigenvalue weighted by Crippen LogP contribution is -2.24. The Kier molecular flexibility index (Phi) is 4.93. The molecule has 0 spiro atoms. The number of para-hydroxylation sites is 1. The van der Waals surface area contributed by atoms with Gasteiger partial charge in [0.15, 0.2) is 5.88 Å². The molecule has 4 heterocycles. The summed E-state index contributed by atoms with van der Waals surface area (Å²) in [5.41, 5.74) is 6.12. The Morgan fingerprint density at radius 1 is 1.16 bits per heavy atom. The van der Waals surface area contributed by atoms with Crippen molar-refractivity contribution in [1.29, 1.82) is 0 Å². The summed E-state index contributed by atoms with van der Waals surface area (Å²) < 4.78 is 7.92. The van der Waals surface area contributed by atoms with Crippen molar-refractivity contribution in [3.63, 3.8) is 0 Å². The number of rotatable bonds is 6. The Morgan fingerprint density at radius 2 is 2.06 bits per heavy atom. The second-order valence-electron chi connectivity index (χ2n) is 6.85. The number of aromatic nitrogens is 3. The predicted octanol–water partition coefficient (Wildman–Crippen LogP) is 4.26. The van der Waals surface area contributed by atoms with E-state index in [1.807, 2.05) is 49.4 Å². The Morgan fingerprint density at radius 3 is 2.90 bits per heavy atom. The minimum atomic E-state index is -0.195. The van der Waals surface area contributed by atoms with Crippen LogP contribution in [0.4, 0.5) is 11.0 Å². The third-order valence-corrected chi connectivity index (χ3v) is 5.70. The van der Waals surface area contributed by atoms with Crippen molar-refractivity contribution in [1.82, 2.24) is 14.4 Å². The van der Waals surface area contributed by atoms with E-state index < -0.39 is 0 Å². The monoisotopic (exact) mass is 430 g/mol. The fraction of sp³-hybridized carbons (Fsp3) is 0.0909. The van der Waals surface area contributed by atoms with Crippen LogP contribution in [-0.2, 0) is 6.54 Å². The van der Waals surface area contributed by atoms with Gasteiger partial charge in [0.05, 0.1) is 40.5 Å². The summed E-state index contributed by atoms with van der Waals surface area (Å²) in [6.45, 7) is 2.24. The third kappa shape index (κ3) is 3.78. The summed E-state index contributed by atoms with van der Waals surface area (Å²) in [6, 6.07) is 15.2. The van der Waals surface area contributed by atoms with E-state index >= 15 is 0 Å². The molecule has 0 fully saturated rings. The molecule has 0 aliphatic rings. The summed E-state index contributed by atoms with van der Waals surface area (Å²) >= 11 is 1.49. The molecule has 0 amide bonds. The van der Waals surface area contributed by atoms with Crippen LogP contribution in [0.1, 0.15) is 16.8 Å². The highest BCUT2D eigenvalue weighted by atomic mass is 32.1. The predicted molar refractivity (Wildman–Crippen MR) is 123 cm³/mol. The first-order valence-corrected chi connectivity index (χ1v) is 10.4. The Bertz CT molecular complexity index is 1420. The lowest BCUT2D eigenvalue weighted by Gasteiger charge is -2.10. The van der Waals surface area contributed by atoms with Crippen LogP contribution in [0.25, 0.3) is 15.9 Å². The number of hydrazone groups is 1. The van der Waals surface area contributed by atoms with Gasteiger partial charge in [0.2, 0.25) is 5.13 Å². The van der Waals surface area contributed by atoms with E-state index in [0.29, 0.717) is 34.5 Å². The molecular weight excluding hydrogens is 412 g/mol.